The number of H-pyrrole nitrogens is 1. The molecule has 0 saturated heterocycles. The van der Waals surface area contributed by atoms with E-state index in [2.05, 4.69) is 4.98 Å². The molecule has 0 fully saturated rings. The Bertz CT molecular complexity index is 698. The van der Waals surface area contributed by atoms with Crippen molar-refractivity contribution in [2.24, 2.45) is 0 Å². The minimum atomic E-state index is -0.374. The molecular weight excluding hydrogens is 294 g/mol. The zero-order valence-corrected chi connectivity index (χ0v) is 13.8. The van der Waals surface area contributed by atoms with Crippen molar-refractivity contribution >= 4 is 11.8 Å². The Hall–Kier alpha value is -2.56. The molecule has 0 saturated carbocycles. The van der Waals surface area contributed by atoms with Crippen LogP contribution in [0.5, 0.6) is 5.75 Å². The molecule has 2 rings (SSSR count). The molecule has 0 aliphatic heterocycles. The van der Waals surface area contributed by atoms with E-state index in [4.69, 9.17) is 9.47 Å². The van der Waals surface area contributed by atoms with Gasteiger partial charge in [-0.3, -0.25) is 4.79 Å². The van der Waals surface area contributed by atoms with Crippen molar-refractivity contribution in [1.82, 2.24) is 4.98 Å². The van der Waals surface area contributed by atoms with Crippen LogP contribution in [0.25, 0.3) is 0 Å². The fourth-order valence-electron chi connectivity index (χ4n) is 2.21. The highest BCUT2D eigenvalue weighted by Crippen LogP contribution is 2.15. The maximum absolute atomic E-state index is 12.1. The molecule has 5 heteroatoms. The lowest BCUT2D eigenvalue weighted by Gasteiger charge is -2.09. The number of hydrogen-bond donors (Lipinski definition) is 1. The van der Waals surface area contributed by atoms with Gasteiger partial charge in [-0.2, -0.15) is 0 Å². The third kappa shape index (κ3) is 4.45. The van der Waals surface area contributed by atoms with Crippen LogP contribution in [-0.2, 0) is 4.74 Å². The van der Waals surface area contributed by atoms with Crippen LogP contribution in [-0.4, -0.2) is 29.4 Å². The van der Waals surface area contributed by atoms with Crippen molar-refractivity contribution in [3.8, 4) is 5.75 Å². The number of nitrogens with one attached hydrogen (secondary N) is 1. The highest BCUT2D eigenvalue weighted by atomic mass is 16.5. The molecule has 1 N–H and O–H groups in total. The zero-order chi connectivity index (χ0) is 17.0. The number of Topliss-reactive ketones (excluding diaryl/α,β-unsaturated/α-hetero) is 1. The molecule has 0 atom stereocenters. The second-order valence-electron chi connectivity index (χ2n) is 5.68. The molecule has 5 nitrogen and oxygen atoms in total. The van der Waals surface area contributed by atoms with Gasteiger partial charge in [-0.1, -0.05) is 0 Å². The molecule has 122 valence electrons. The second-order valence-corrected chi connectivity index (χ2v) is 5.68. The van der Waals surface area contributed by atoms with Gasteiger partial charge in [-0.05, 0) is 58.0 Å². The lowest BCUT2D eigenvalue weighted by Crippen LogP contribution is -2.13. The number of hydrogen-bond acceptors (Lipinski definition) is 4. The summed E-state index contributed by atoms with van der Waals surface area (Å²) >= 11 is 0. The first-order valence-corrected chi connectivity index (χ1v) is 7.50. The first-order chi connectivity index (χ1) is 10.9. The molecule has 0 aliphatic carbocycles. The molecule has 1 aromatic carbocycles. The number of rotatable bonds is 6. The number of carbonyl (C=O) groups excluding carboxylic acids is 2. The van der Waals surface area contributed by atoms with Gasteiger partial charge < -0.3 is 14.5 Å². The zero-order valence-electron chi connectivity index (χ0n) is 13.8. The van der Waals surface area contributed by atoms with Crippen LogP contribution in [0.2, 0.25) is 0 Å². The first kappa shape index (κ1) is 16.8. The predicted octanol–water partition coefficient (Wildman–Crippen LogP) is 3.46. The molecule has 0 aliphatic rings. The lowest BCUT2D eigenvalue weighted by atomic mass is 10.1. The fourth-order valence-corrected chi connectivity index (χ4v) is 2.21. The first-order valence-electron chi connectivity index (χ1n) is 7.50. The third-order valence-corrected chi connectivity index (χ3v) is 3.25. The number of esters is 1. The van der Waals surface area contributed by atoms with Gasteiger partial charge in [-0.25, -0.2) is 4.79 Å². The number of carbonyl (C=O) groups is 2. The summed E-state index contributed by atoms with van der Waals surface area (Å²) in [7, 11) is 0. The quantitative estimate of drug-likeness (QED) is 0.655. The molecule has 0 unspecified atom stereocenters. The van der Waals surface area contributed by atoms with Gasteiger partial charge >= 0.3 is 5.97 Å². The van der Waals surface area contributed by atoms with E-state index in [1.807, 2.05) is 19.9 Å². The smallest absolute Gasteiger partial charge is 0.338 e. The van der Waals surface area contributed by atoms with Crippen LogP contribution in [0.3, 0.4) is 0 Å². The van der Waals surface area contributed by atoms with Gasteiger partial charge in [0.25, 0.3) is 0 Å². The Morgan fingerprint density at radius 3 is 2.30 bits per heavy atom. The van der Waals surface area contributed by atoms with Crippen molar-refractivity contribution in [2.45, 2.75) is 33.8 Å². The van der Waals surface area contributed by atoms with Crippen molar-refractivity contribution < 1.29 is 19.1 Å². The number of ketones is 1. The molecule has 0 radical (unpaired) electrons. The van der Waals surface area contributed by atoms with Gasteiger partial charge in [-0.15, -0.1) is 0 Å². The van der Waals surface area contributed by atoms with E-state index in [0.717, 1.165) is 11.4 Å². The van der Waals surface area contributed by atoms with Crippen LogP contribution in [0.1, 0.15) is 46.0 Å². The van der Waals surface area contributed by atoms with Gasteiger partial charge in [0.2, 0.25) is 5.78 Å². The van der Waals surface area contributed by atoms with Crippen LogP contribution >= 0.6 is 0 Å². The number of aromatic amines is 1. The number of benzene rings is 1. The summed E-state index contributed by atoms with van der Waals surface area (Å²) in [5, 5.41) is 0. The van der Waals surface area contributed by atoms with E-state index in [1.54, 1.807) is 38.1 Å². The van der Waals surface area contributed by atoms with E-state index in [1.165, 1.54) is 0 Å². The van der Waals surface area contributed by atoms with E-state index in [9.17, 15) is 9.59 Å². The summed E-state index contributed by atoms with van der Waals surface area (Å²) in [6, 6.07) is 8.36. The second kappa shape index (κ2) is 7.13. The largest absolute Gasteiger partial charge is 0.485 e. The molecule has 1 heterocycles. The monoisotopic (exact) mass is 315 g/mol. The Kier molecular flexibility index (Phi) is 5.21. The maximum Gasteiger partial charge on any atom is 0.338 e. The van der Waals surface area contributed by atoms with Gasteiger partial charge in [0.1, 0.15) is 5.75 Å². The summed E-state index contributed by atoms with van der Waals surface area (Å²) in [5.41, 5.74) is 2.87. The molecule has 0 bridgehead atoms. The van der Waals surface area contributed by atoms with Crippen LogP contribution in [0.15, 0.2) is 30.3 Å². The lowest BCUT2D eigenvalue weighted by molar-refractivity contribution is 0.0377. The minimum Gasteiger partial charge on any atom is -0.485 e. The summed E-state index contributed by atoms with van der Waals surface area (Å²) in [6.45, 7) is 7.31. The fraction of sp³-hybridized carbons (Fsp3) is 0.333. The molecule has 0 spiro atoms. The van der Waals surface area contributed by atoms with Gasteiger partial charge in [0, 0.05) is 17.0 Å². The van der Waals surface area contributed by atoms with Gasteiger partial charge in [0.05, 0.1) is 11.7 Å². The van der Waals surface area contributed by atoms with Crippen molar-refractivity contribution in [1.29, 1.82) is 0 Å². The highest BCUT2D eigenvalue weighted by Gasteiger charge is 2.13. The van der Waals surface area contributed by atoms with Gasteiger partial charge in [0.15, 0.2) is 6.61 Å². The maximum atomic E-state index is 12.1. The van der Waals surface area contributed by atoms with Crippen molar-refractivity contribution in [2.75, 3.05) is 6.61 Å². The Balaban J connectivity index is 1.95. The highest BCUT2D eigenvalue weighted by molar-refractivity contribution is 5.98. The van der Waals surface area contributed by atoms with Crippen molar-refractivity contribution in [3.05, 3.63) is 52.8 Å². The van der Waals surface area contributed by atoms with E-state index in [0.29, 0.717) is 16.9 Å². The van der Waals surface area contributed by atoms with Crippen LogP contribution in [0, 0.1) is 13.8 Å². The predicted molar refractivity (Wildman–Crippen MR) is 87.1 cm³/mol. The Labute approximate surface area is 135 Å². The Morgan fingerprint density at radius 1 is 1.13 bits per heavy atom. The Morgan fingerprint density at radius 2 is 1.78 bits per heavy atom. The number of aromatic nitrogens is 1. The number of aryl methyl sites for hydroxylation is 2. The molecule has 0 amide bonds. The molecule has 1 aromatic heterocycles. The standard InChI is InChI=1S/C18H21NO4/c1-11(2)23-18(21)14-5-7-15(8-6-14)22-10-17(20)16-9-12(3)19-13(16)4/h5-9,11,19H,10H2,1-4H3. The van der Waals surface area contributed by atoms with E-state index < -0.39 is 0 Å². The summed E-state index contributed by atoms with van der Waals surface area (Å²) < 4.78 is 10.6. The van der Waals surface area contributed by atoms with E-state index >= 15 is 0 Å². The van der Waals surface area contributed by atoms with E-state index in [-0.39, 0.29) is 24.5 Å². The average Bonchev–Trinajstić information content (AvgIpc) is 2.83. The average molecular weight is 315 g/mol. The normalized spacial score (nSPS) is 10.7. The summed E-state index contributed by atoms with van der Waals surface area (Å²) in [5.74, 6) is 0.0700. The SMILES string of the molecule is Cc1cc(C(=O)COc2ccc(C(=O)OC(C)C)cc2)c(C)[nH]1. The summed E-state index contributed by atoms with van der Waals surface area (Å²) in [6.07, 6.45) is -0.163. The minimum absolute atomic E-state index is 0.0477. The van der Waals surface area contributed by atoms with Crippen molar-refractivity contribution in [3.63, 3.8) is 0 Å². The molecular formula is C18H21NO4. The summed E-state index contributed by atoms with van der Waals surface area (Å²) in [4.78, 5) is 27.0. The van der Waals surface area contributed by atoms with Crippen LogP contribution < -0.4 is 4.74 Å². The molecule has 2 aromatic rings. The third-order valence-electron chi connectivity index (χ3n) is 3.25. The number of ether oxygens (including phenoxy) is 2. The topological polar surface area (TPSA) is 68.4 Å². The van der Waals surface area contributed by atoms with Crippen LogP contribution in [0.4, 0.5) is 0 Å². The molecule has 23 heavy (non-hydrogen) atoms.